The molecule has 2 atom stereocenters. The maximum Gasteiger partial charge on any atom is 0.229 e. The smallest absolute Gasteiger partial charge is 0.229 e. The number of carbonyl (C=O) groups is 1. The fraction of sp³-hybridized carbons (Fsp3) is 0.625. The third-order valence-corrected chi connectivity index (χ3v) is 3.12. The SMILES string of the molecule is CCC1CC1C(=O)Nc1nnc(N)s1. The van der Waals surface area contributed by atoms with Crippen molar-refractivity contribution in [2.45, 2.75) is 19.8 Å². The Morgan fingerprint density at radius 3 is 3.00 bits per heavy atom. The molecule has 0 bridgehead atoms. The first-order valence-electron chi connectivity index (χ1n) is 4.60. The van der Waals surface area contributed by atoms with Crippen LogP contribution >= 0.6 is 11.3 Å². The van der Waals surface area contributed by atoms with E-state index in [1.165, 1.54) is 11.3 Å². The maximum atomic E-state index is 11.5. The molecule has 0 saturated heterocycles. The summed E-state index contributed by atoms with van der Waals surface area (Å²) in [4.78, 5) is 11.5. The Labute approximate surface area is 85.7 Å². The average molecular weight is 212 g/mol. The number of carbonyl (C=O) groups excluding carboxylic acids is 1. The van der Waals surface area contributed by atoms with Gasteiger partial charge < -0.3 is 11.1 Å². The number of amides is 1. The summed E-state index contributed by atoms with van der Waals surface area (Å²) in [7, 11) is 0. The highest BCUT2D eigenvalue weighted by Crippen LogP contribution is 2.41. The Balaban J connectivity index is 1.90. The van der Waals surface area contributed by atoms with Gasteiger partial charge in [-0.25, -0.2) is 0 Å². The van der Waals surface area contributed by atoms with Crippen LogP contribution in [0.2, 0.25) is 0 Å². The molecule has 5 nitrogen and oxygen atoms in total. The van der Waals surface area contributed by atoms with Gasteiger partial charge in [0.15, 0.2) is 0 Å². The summed E-state index contributed by atoms with van der Waals surface area (Å²) in [6.07, 6.45) is 2.06. The van der Waals surface area contributed by atoms with Gasteiger partial charge in [-0.1, -0.05) is 24.7 Å². The normalized spacial score (nSPS) is 24.6. The molecule has 0 aliphatic heterocycles. The molecule has 1 aromatic heterocycles. The first-order valence-corrected chi connectivity index (χ1v) is 5.42. The molecule has 1 saturated carbocycles. The van der Waals surface area contributed by atoms with Crippen molar-refractivity contribution in [2.24, 2.45) is 11.8 Å². The predicted molar refractivity (Wildman–Crippen MR) is 54.8 cm³/mol. The molecule has 14 heavy (non-hydrogen) atoms. The molecular weight excluding hydrogens is 200 g/mol. The lowest BCUT2D eigenvalue weighted by Crippen LogP contribution is -2.14. The van der Waals surface area contributed by atoms with Gasteiger partial charge >= 0.3 is 0 Å². The van der Waals surface area contributed by atoms with Crippen LogP contribution in [-0.2, 0) is 4.79 Å². The van der Waals surface area contributed by atoms with E-state index in [1.54, 1.807) is 0 Å². The summed E-state index contributed by atoms with van der Waals surface area (Å²) in [5, 5.41) is 10.9. The molecule has 3 N–H and O–H groups in total. The molecule has 76 valence electrons. The molecule has 1 heterocycles. The zero-order chi connectivity index (χ0) is 10.1. The Kier molecular flexibility index (Phi) is 2.37. The van der Waals surface area contributed by atoms with E-state index < -0.39 is 0 Å². The Bertz CT molecular complexity index is 351. The van der Waals surface area contributed by atoms with E-state index in [2.05, 4.69) is 22.4 Å². The fourth-order valence-electron chi connectivity index (χ4n) is 1.50. The topological polar surface area (TPSA) is 80.9 Å². The van der Waals surface area contributed by atoms with Crippen LogP contribution < -0.4 is 11.1 Å². The van der Waals surface area contributed by atoms with Crippen LogP contribution in [0.15, 0.2) is 0 Å². The van der Waals surface area contributed by atoms with Gasteiger partial charge in [-0.05, 0) is 12.3 Å². The molecule has 6 heteroatoms. The van der Waals surface area contributed by atoms with Crippen LogP contribution in [0.3, 0.4) is 0 Å². The van der Waals surface area contributed by atoms with Crippen molar-refractivity contribution < 1.29 is 4.79 Å². The minimum atomic E-state index is 0.0491. The molecule has 1 aliphatic carbocycles. The summed E-state index contributed by atoms with van der Waals surface area (Å²) in [5.74, 6) is 0.776. The number of hydrogen-bond acceptors (Lipinski definition) is 5. The average Bonchev–Trinajstić information content (AvgIpc) is 2.85. The van der Waals surface area contributed by atoms with Crippen LogP contribution in [0, 0.1) is 11.8 Å². The first kappa shape index (κ1) is 9.39. The van der Waals surface area contributed by atoms with Crippen molar-refractivity contribution >= 4 is 27.5 Å². The third-order valence-electron chi connectivity index (χ3n) is 2.45. The van der Waals surface area contributed by atoms with Gasteiger partial charge in [0, 0.05) is 5.92 Å². The number of nitrogens with zero attached hydrogens (tertiary/aromatic N) is 2. The Morgan fingerprint density at radius 1 is 1.71 bits per heavy atom. The number of nitrogens with one attached hydrogen (secondary N) is 1. The van der Waals surface area contributed by atoms with E-state index in [0.29, 0.717) is 16.2 Å². The monoisotopic (exact) mass is 212 g/mol. The number of rotatable bonds is 3. The Morgan fingerprint density at radius 2 is 2.50 bits per heavy atom. The van der Waals surface area contributed by atoms with Crippen LogP contribution in [-0.4, -0.2) is 16.1 Å². The number of aromatic nitrogens is 2. The van der Waals surface area contributed by atoms with Crippen LogP contribution in [0.1, 0.15) is 19.8 Å². The van der Waals surface area contributed by atoms with Gasteiger partial charge in [-0.3, -0.25) is 4.79 Å². The quantitative estimate of drug-likeness (QED) is 0.786. The zero-order valence-corrected chi connectivity index (χ0v) is 8.67. The molecule has 1 fully saturated rings. The molecule has 1 aromatic rings. The number of hydrogen-bond donors (Lipinski definition) is 2. The van der Waals surface area contributed by atoms with Gasteiger partial charge in [0.05, 0.1) is 0 Å². The number of nitrogens with two attached hydrogens (primary N) is 1. The molecule has 1 amide bonds. The summed E-state index contributed by atoms with van der Waals surface area (Å²) in [5.41, 5.74) is 5.39. The Hall–Kier alpha value is -1.17. The number of nitrogen functional groups attached to an aromatic ring is 1. The van der Waals surface area contributed by atoms with Crippen molar-refractivity contribution in [3.05, 3.63) is 0 Å². The second kappa shape index (κ2) is 3.53. The van der Waals surface area contributed by atoms with Crippen LogP contribution in [0.5, 0.6) is 0 Å². The molecule has 2 unspecified atom stereocenters. The molecule has 0 radical (unpaired) electrons. The first-order chi connectivity index (χ1) is 6.70. The second-order valence-corrected chi connectivity index (χ2v) is 4.45. The van der Waals surface area contributed by atoms with E-state index in [0.717, 1.165) is 12.8 Å². The van der Waals surface area contributed by atoms with Crippen molar-refractivity contribution in [1.29, 1.82) is 0 Å². The summed E-state index contributed by atoms with van der Waals surface area (Å²) in [6, 6.07) is 0. The van der Waals surface area contributed by atoms with Gasteiger partial charge in [0.1, 0.15) is 0 Å². The van der Waals surface area contributed by atoms with Gasteiger partial charge in [0.2, 0.25) is 16.2 Å². The van der Waals surface area contributed by atoms with Crippen molar-refractivity contribution in [3.8, 4) is 0 Å². The van der Waals surface area contributed by atoms with E-state index in [-0.39, 0.29) is 11.8 Å². The fourth-order valence-corrected chi connectivity index (χ4v) is 2.02. The van der Waals surface area contributed by atoms with E-state index in [9.17, 15) is 4.79 Å². The standard InChI is InChI=1S/C8H12N4OS/c1-2-4-3-5(4)6(13)10-8-12-11-7(9)14-8/h4-5H,2-3H2,1H3,(H2,9,11)(H,10,12,13). The number of anilines is 2. The van der Waals surface area contributed by atoms with E-state index in [1.807, 2.05) is 0 Å². The highest BCUT2D eigenvalue weighted by atomic mass is 32.1. The minimum absolute atomic E-state index is 0.0491. The third kappa shape index (κ3) is 1.84. The second-order valence-electron chi connectivity index (χ2n) is 3.45. The molecule has 0 spiro atoms. The molecule has 2 rings (SSSR count). The lowest BCUT2D eigenvalue weighted by atomic mass is 10.2. The lowest BCUT2D eigenvalue weighted by Gasteiger charge is -1.97. The summed E-state index contributed by atoms with van der Waals surface area (Å²) < 4.78 is 0. The molecular formula is C8H12N4OS. The van der Waals surface area contributed by atoms with Crippen molar-refractivity contribution in [1.82, 2.24) is 10.2 Å². The zero-order valence-electron chi connectivity index (χ0n) is 7.86. The van der Waals surface area contributed by atoms with Crippen LogP contribution in [0.25, 0.3) is 0 Å². The lowest BCUT2D eigenvalue weighted by molar-refractivity contribution is -0.117. The summed E-state index contributed by atoms with van der Waals surface area (Å²) in [6.45, 7) is 2.10. The van der Waals surface area contributed by atoms with Crippen molar-refractivity contribution in [2.75, 3.05) is 11.1 Å². The van der Waals surface area contributed by atoms with Crippen molar-refractivity contribution in [3.63, 3.8) is 0 Å². The maximum absolute atomic E-state index is 11.5. The van der Waals surface area contributed by atoms with Gasteiger partial charge in [0.25, 0.3) is 0 Å². The van der Waals surface area contributed by atoms with Crippen LogP contribution in [0.4, 0.5) is 10.3 Å². The predicted octanol–water partition coefficient (Wildman–Crippen LogP) is 1.10. The van der Waals surface area contributed by atoms with Gasteiger partial charge in [-0.2, -0.15) is 0 Å². The highest BCUT2D eigenvalue weighted by molar-refractivity contribution is 7.18. The summed E-state index contributed by atoms with van der Waals surface area (Å²) >= 11 is 1.19. The van der Waals surface area contributed by atoms with E-state index >= 15 is 0 Å². The van der Waals surface area contributed by atoms with Gasteiger partial charge in [-0.15, -0.1) is 10.2 Å². The molecule has 1 aliphatic rings. The molecule has 0 aromatic carbocycles. The van der Waals surface area contributed by atoms with E-state index in [4.69, 9.17) is 5.73 Å². The minimum Gasteiger partial charge on any atom is -0.374 e. The largest absolute Gasteiger partial charge is 0.374 e. The highest BCUT2D eigenvalue weighted by Gasteiger charge is 2.41.